The van der Waals surface area contributed by atoms with Crippen LogP contribution in [0.25, 0.3) is 0 Å². The molecule has 0 unspecified atom stereocenters. The summed E-state index contributed by atoms with van der Waals surface area (Å²) in [7, 11) is 0. The van der Waals surface area contributed by atoms with Crippen LogP contribution in [-0.4, -0.2) is 17.9 Å². The molecule has 0 radical (unpaired) electrons. The monoisotopic (exact) mass is 189 g/mol. The molecule has 1 aliphatic heterocycles. The second kappa shape index (κ2) is 3.68. The van der Waals surface area contributed by atoms with E-state index in [4.69, 9.17) is 0 Å². The number of rotatable bonds is 2. The van der Waals surface area contributed by atoms with Crippen LogP contribution in [0.2, 0.25) is 0 Å². The second-order valence-electron chi connectivity index (χ2n) is 2.86. The van der Waals surface area contributed by atoms with E-state index in [1.54, 1.807) is 6.92 Å². The zero-order chi connectivity index (χ0) is 10.0. The van der Waals surface area contributed by atoms with Gasteiger partial charge in [-0.05, 0) is 18.6 Å². The largest absolute Gasteiger partial charge is 0.340 e. The Morgan fingerprint density at radius 3 is 2.69 bits per heavy atom. The number of allylic oxidation sites excluding steroid dienone is 3. The van der Waals surface area contributed by atoms with Crippen molar-refractivity contribution in [3.05, 3.63) is 36.0 Å². The number of hydrogen-bond donors (Lipinski definition) is 0. The molecule has 0 saturated heterocycles. The molecule has 0 spiro atoms. The highest BCUT2D eigenvalue weighted by Crippen LogP contribution is 2.23. The Morgan fingerprint density at radius 1 is 1.54 bits per heavy atom. The fourth-order valence-corrected chi connectivity index (χ4v) is 1.09. The summed E-state index contributed by atoms with van der Waals surface area (Å²) in [5.41, 5.74) is 0.594. The molecule has 0 amide bonds. The Balaban J connectivity index is 2.78. The third-order valence-electron chi connectivity index (χ3n) is 1.67. The van der Waals surface area contributed by atoms with Crippen LogP contribution in [0, 0.1) is 0 Å². The summed E-state index contributed by atoms with van der Waals surface area (Å²) in [5.74, 6) is -0.555. The highest BCUT2D eigenvalue weighted by molar-refractivity contribution is 5.35. The fraction of sp³-hybridized carbons (Fsp3) is 0.333. The SMILES string of the molecule is C=C1C(F)=CC(C)=CN1CC(F)F. The van der Waals surface area contributed by atoms with Crippen LogP contribution in [0.4, 0.5) is 13.2 Å². The number of alkyl halides is 2. The smallest absolute Gasteiger partial charge is 0.256 e. The first kappa shape index (κ1) is 9.89. The number of nitrogens with zero attached hydrogens (tertiary/aromatic N) is 1. The van der Waals surface area contributed by atoms with Crippen LogP contribution in [0.1, 0.15) is 6.92 Å². The predicted octanol–water partition coefficient (Wildman–Crippen LogP) is 2.84. The maximum Gasteiger partial charge on any atom is 0.256 e. The van der Waals surface area contributed by atoms with Crippen molar-refractivity contribution in [1.82, 2.24) is 4.90 Å². The molecule has 0 bridgehead atoms. The van der Waals surface area contributed by atoms with E-state index >= 15 is 0 Å². The van der Waals surface area contributed by atoms with Gasteiger partial charge in [-0.15, -0.1) is 0 Å². The first-order chi connectivity index (χ1) is 6.00. The van der Waals surface area contributed by atoms with Crippen molar-refractivity contribution in [2.24, 2.45) is 0 Å². The number of hydrogen-bond acceptors (Lipinski definition) is 1. The van der Waals surface area contributed by atoms with Crippen molar-refractivity contribution in [3.63, 3.8) is 0 Å². The van der Waals surface area contributed by atoms with Gasteiger partial charge in [0.15, 0.2) is 0 Å². The maximum atomic E-state index is 13.0. The normalized spacial score (nSPS) is 17.6. The topological polar surface area (TPSA) is 3.24 Å². The molecule has 0 fully saturated rings. The quantitative estimate of drug-likeness (QED) is 0.645. The maximum absolute atomic E-state index is 13.0. The Labute approximate surface area is 74.8 Å². The molecule has 0 N–H and O–H groups in total. The third kappa shape index (κ3) is 2.37. The number of halogens is 3. The summed E-state index contributed by atoms with van der Waals surface area (Å²) < 4.78 is 36.9. The lowest BCUT2D eigenvalue weighted by Gasteiger charge is -2.24. The Morgan fingerprint density at radius 2 is 2.15 bits per heavy atom. The highest BCUT2D eigenvalue weighted by atomic mass is 19.3. The molecule has 13 heavy (non-hydrogen) atoms. The van der Waals surface area contributed by atoms with Crippen LogP contribution in [0.3, 0.4) is 0 Å². The zero-order valence-corrected chi connectivity index (χ0v) is 7.23. The van der Waals surface area contributed by atoms with E-state index in [0.717, 1.165) is 4.90 Å². The van der Waals surface area contributed by atoms with Gasteiger partial charge in [0, 0.05) is 6.20 Å². The summed E-state index contributed by atoms with van der Waals surface area (Å²) in [6.45, 7) is 4.50. The zero-order valence-electron chi connectivity index (χ0n) is 7.23. The molecule has 0 aliphatic carbocycles. The van der Waals surface area contributed by atoms with Crippen molar-refractivity contribution < 1.29 is 13.2 Å². The molecule has 1 heterocycles. The van der Waals surface area contributed by atoms with E-state index in [0.29, 0.717) is 5.57 Å². The molecule has 0 atom stereocenters. The molecule has 1 rings (SSSR count). The average molecular weight is 189 g/mol. The lowest BCUT2D eigenvalue weighted by Crippen LogP contribution is -2.25. The fourth-order valence-electron chi connectivity index (χ4n) is 1.09. The molecule has 0 aromatic heterocycles. The first-order valence-corrected chi connectivity index (χ1v) is 3.80. The van der Waals surface area contributed by atoms with Gasteiger partial charge in [0.2, 0.25) is 0 Å². The van der Waals surface area contributed by atoms with E-state index < -0.39 is 18.8 Å². The Bertz CT molecular complexity index is 279. The summed E-state index contributed by atoms with van der Waals surface area (Å²) >= 11 is 0. The van der Waals surface area contributed by atoms with Crippen LogP contribution in [0.15, 0.2) is 36.0 Å². The van der Waals surface area contributed by atoms with Gasteiger partial charge in [0.25, 0.3) is 6.43 Å². The summed E-state index contributed by atoms with van der Waals surface area (Å²) in [4.78, 5) is 1.12. The van der Waals surface area contributed by atoms with Crippen LogP contribution in [0.5, 0.6) is 0 Å². The van der Waals surface area contributed by atoms with E-state index in [-0.39, 0.29) is 5.70 Å². The van der Waals surface area contributed by atoms with E-state index in [1.807, 2.05) is 0 Å². The first-order valence-electron chi connectivity index (χ1n) is 3.80. The summed E-state index contributed by atoms with van der Waals surface area (Å²) in [6, 6.07) is 0. The molecular weight excluding hydrogens is 179 g/mol. The molecule has 0 saturated carbocycles. The van der Waals surface area contributed by atoms with Gasteiger partial charge in [0.1, 0.15) is 5.83 Å². The van der Waals surface area contributed by atoms with Crippen molar-refractivity contribution in [3.8, 4) is 0 Å². The molecule has 0 aromatic rings. The molecule has 1 aliphatic rings. The Kier molecular flexibility index (Phi) is 2.80. The van der Waals surface area contributed by atoms with E-state index in [1.165, 1.54) is 12.3 Å². The summed E-state index contributed by atoms with van der Waals surface area (Å²) in [6.07, 6.45) is 0.230. The minimum Gasteiger partial charge on any atom is -0.340 e. The van der Waals surface area contributed by atoms with Gasteiger partial charge in [0.05, 0.1) is 12.2 Å². The van der Waals surface area contributed by atoms with Crippen LogP contribution >= 0.6 is 0 Å². The Hall–Kier alpha value is -1.19. The minimum absolute atomic E-state index is 0.00843. The van der Waals surface area contributed by atoms with E-state index in [2.05, 4.69) is 6.58 Å². The molecular formula is C9H10F3N. The average Bonchev–Trinajstić information content (AvgIpc) is 1.98. The van der Waals surface area contributed by atoms with Gasteiger partial charge < -0.3 is 4.90 Å². The van der Waals surface area contributed by atoms with Crippen molar-refractivity contribution in [1.29, 1.82) is 0 Å². The van der Waals surface area contributed by atoms with Gasteiger partial charge in [-0.25, -0.2) is 13.2 Å². The summed E-state index contributed by atoms with van der Waals surface area (Å²) in [5, 5.41) is 0. The van der Waals surface area contributed by atoms with Gasteiger partial charge >= 0.3 is 0 Å². The van der Waals surface area contributed by atoms with E-state index in [9.17, 15) is 13.2 Å². The lowest BCUT2D eigenvalue weighted by molar-refractivity contribution is 0.118. The van der Waals surface area contributed by atoms with Crippen LogP contribution < -0.4 is 0 Å². The molecule has 0 aromatic carbocycles. The second-order valence-corrected chi connectivity index (χ2v) is 2.86. The van der Waals surface area contributed by atoms with Crippen LogP contribution in [-0.2, 0) is 0 Å². The molecule has 1 nitrogen and oxygen atoms in total. The van der Waals surface area contributed by atoms with Crippen molar-refractivity contribution in [2.45, 2.75) is 13.3 Å². The molecule has 4 heteroatoms. The third-order valence-corrected chi connectivity index (χ3v) is 1.67. The molecule has 72 valence electrons. The van der Waals surface area contributed by atoms with Gasteiger partial charge in [-0.3, -0.25) is 0 Å². The standard InChI is InChI=1S/C9H10F3N/c1-6-3-8(10)7(2)13(4-6)5-9(11)12/h3-4,9H,2,5H2,1H3. The predicted molar refractivity (Wildman–Crippen MR) is 44.8 cm³/mol. The van der Waals surface area contributed by atoms with Gasteiger partial charge in [-0.1, -0.05) is 6.58 Å². The highest BCUT2D eigenvalue weighted by Gasteiger charge is 2.18. The van der Waals surface area contributed by atoms with Gasteiger partial charge in [-0.2, -0.15) is 0 Å². The lowest BCUT2D eigenvalue weighted by atomic mass is 10.2. The van der Waals surface area contributed by atoms with Crippen molar-refractivity contribution >= 4 is 0 Å². The van der Waals surface area contributed by atoms with Crippen molar-refractivity contribution in [2.75, 3.05) is 6.54 Å². The minimum atomic E-state index is -2.49.